The summed E-state index contributed by atoms with van der Waals surface area (Å²) in [5.74, 6) is -0.201. The van der Waals surface area contributed by atoms with Gasteiger partial charge in [0.2, 0.25) is 0 Å². The zero-order chi connectivity index (χ0) is 15.3. The van der Waals surface area contributed by atoms with Crippen LogP contribution in [0.15, 0.2) is 30.3 Å². The normalized spacial score (nSPS) is 17.5. The zero-order valence-electron chi connectivity index (χ0n) is 13.3. The first-order chi connectivity index (χ1) is 10.2. The Bertz CT molecular complexity index is 455. The van der Waals surface area contributed by atoms with Crippen LogP contribution in [0.5, 0.6) is 0 Å². The van der Waals surface area contributed by atoms with Gasteiger partial charge in [-0.25, -0.2) is 4.79 Å². The maximum absolute atomic E-state index is 12.7. The Kier molecular flexibility index (Phi) is 5.37. The van der Waals surface area contributed by atoms with Crippen LogP contribution < -0.4 is 5.32 Å². The summed E-state index contributed by atoms with van der Waals surface area (Å²) in [4.78, 5) is 14.9. The van der Waals surface area contributed by atoms with Crippen molar-refractivity contribution in [2.24, 2.45) is 0 Å². The number of nitrogens with one attached hydrogen (secondary N) is 1. The summed E-state index contributed by atoms with van der Waals surface area (Å²) < 4.78 is 5.16. The number of carbonyl (C=O) groups excluding carboxylic acids is 1. The van der Waals surface area contributed by atoms with Crippen LogP contribution in [-0.4, -0.2) is 43.7 Å². The SMILES string of the molecule is CCN(CC)CC(NC1CC1)(C(=O)OC)c1ccccc1. The van der Waals surface area contributed by atoms with Crippen molar-refractivity contribution in [2.45, 2.75) is 38.3 Å². The summed E-state index contributed by atoms with van der Waals surface area (Å²) in [6.07, 6.45) is 2.26. The largest absolute Gasteiger partial charge is 0.467 e. The summed E-state index contributed by atoms with van der Waals surface area (Å²) in [7, 11) is 1.47. The lowest BCUT2D eigenvalue weighted by Crippen LogP contribution is -2.57. The number of benzene rings is 1. The molecule has 0 saturated heterocycles. The molecule has 0 amide bonds. The van der Waals surface area contributed by atoms with Gasteiger partial charge in [0.05, 0.1) is 7.11 Å². The molecule has 4 heteroatoms. The van der Waals surface area contributed by atoms with E-state index in [4.69, 9.17) is 4.74 Å². The van der Waals surface area contributed by atoms with E-state index in [9.17, 15) is 4.79 Å². The number of carbonyl (C=O) groups is 1. The van der Waals surface area contributed by atoms with Crippen LogP contribution >= 0.6 is 0 Å². The fourth-order valence-electron chi connectivity index (χ4n) is 2.72. The van der Waals surface area contributed by atoms with Crippen molar-refractivity contribution in [1.82, 2.24) is 10.2 Å². The molecule has 1 saturated carbocycles. The van der Waals surface area contributed by atoms with Gasteiger partial charge in [0.25, 0.3) is 0 Å². The number of methoxy groups -OCH3 is 1. The summed E-state index contributed by atoms with van der Waals surface area (Å²) in [5.41, 5.74) is 0.207. The number of esters is 1. The second-order valence-electron chi connectivity index (χ2n) is 5.64. The van der Waals surface area contributed by atoms with Crippen LogP contribution in [0.3, 0.4) is 0 Å². The van der Waals surface area contributed by atoms with E-state index in [-0.39, 0.29) is 5.97 Å². The van der Waals surface area contributed by atoms with Gasteiger partial charge in [0, 0.05) is 12.6 Å². The smallest absolute Gasteiger partial charge is 0.332 e. The predicted octanol–water partition coefficient (Wildman–Crippen LogP) is 2.15. The quantitative estimate of drug-likeness (QED) is 0.745. The summed E-state index contributed by atoms with van der Waals surface area (Å²) in [6, 6.07) is 10.4. The lowest BCUT2D eigenvalue weighted by atomic mass is 9.88. The van der Waals surface area contributed by atoms with Crippen molar-refractivity contribution in [3.05, 3.63) is 35.9 Å². The average molecular weight is 290 g/mol. The van der Waals surface area contributed by atoms with Gasteiger partial charge in [-0.05, 0) is 31.5 Å². The first-order valence-electron chi connectivity index (χ1n) is 7.80. The van der Waals surface area contributed by atoms with Crippen molar-refractivity contribution in [1.29, 1.82) is 0 Å². The first kappa shape index (κ1) is 16.0. The van der Waals surface area contributed by atoms with E-state index >= 15 is 0 Å². The molecular formula is C17H26N2O2. The molecule has 0 radical (unpaired) electrons. The Morgan fingerprint density at radius 1 is 1.29 bits per heavy atom. The highest BCUT2D eigenvalue weighted by molar-refractivity contribution is 5.83. The summed E-state index contributed by atoms with van der Waals surface area (Å²) in [5, 5.41) is 3.55. The molecule has 1 fully saturated rings. The number of hydrogen-bond donors (Lipinski definition) is 1. The van der Waals surface area contributed by atoms with Crippen molar-refractivity contribution < 1.29 is 9.53 Å². The van der Waals surface area contributed by atoms with E-state index in [0.29, 0.717) is 12.6 Å². The lowest BCUT2D eigenvalue weighted by Gasteiger charge is -2.37. The number of ether oxygens (including phenoxy) is 1. The van der Waals surface area contributed by atoms with E-state index in [2.05, 4.69) is 24.1 Å². The predicted molar refractivity (Wildman–Crippen MR) is 84.1 cm³/mol. The highest BCUT2D eigenvalue weighted by atomic mass is 16.5. The molecule has 1 aliphatic carbocycles. The van der Waals surface area contributed by atoms with Crippen LogP contribution in [0, 0.1) is 0 Å². The van der Waals surface area contributed by atoms with E-state index in [1.165, 1.54) is 7.11 Å². The third-order valence-corrected chi connectivity index (χ3v) is 4.18. The van der Waals surface area contributed by atoms with Crippen LogP contribution in [0.25, 0.3) is 0 Å². The third kappa shape index (κ3) is 3.63. The van der Waals surface area contributed by atoms with Crippen molar-refractivity contribution in [3.63, 3.8) is 0 Å². The molecule has 2 rings (SSSR count). The van der Waals surface area contributed by atoms with Crippen molar-refractivity contribution in [2.75, 3.05) is 26.7 Å². The Labute approximate surface area is 127 Å². The molecule has 1 aliphatic rings. The number of likely N-dealkylation sites (N-methyl/N-ethyl adjacent to an activating group) is 1. The van der Waals surface area contributed by atoms with Gasteiger partial charge >= 0.3 is 5.97 Å². The van der Waals surface area contributed by atoms with Crippen LogP contribution in [-0.2, 0) is 15.1 Å². The molecule has 21 heavy (non-hydrogen) atoms. The Hall–Kier alpha value is -1.39. The summed E-state index contributed by atoms with van der Waals surface area (Å²) >= 11 is 0. The first-order valence-corrected chi connectivity index (χ1v) is 7.80. The molecule has 0 aliphatic heterocycles. The molecule has 1 unspecified atom stereocenters. The fraction of sp³-hybridized carbons (Fsp3) is 0.588. The number of rotatable bonds is 8. The highest BCUT2D eigenvalue weighted by Crippen LogP contribution is 2.30. The van der Waals surface area contributed by atoms with E-state index < -0.39 is 5.54 Å². The minimum atomic E-state index is -0.775. The minimum Gasteiger partial charge on any atom is -0.467 e. The molecular weight excluding hydrogens is 264 g/mol. The molecule has 0 bridgehead atoms. The Morgan fingerprint density at radius 3 is 2.38 bits per heavy atom. The van der Waals surface area contributed by atoms with Crippen molar-refractivity contribution >= 4 is 5.97 Å². The molecule has 1 aromatic rings. The Balaban J connectivity index is 2.39. The van der Waals surface area contributed by atoms with Crippen LogP contribution in [0.2, 0.25) is 0 Å². The van der Waals surface area contributed by atoms with Gasteiger partial charge in [-0.15, -0.1) is 0 Å². The van der Waals surface area contributed by atoms with E-state index in [1.54, 1.807) is 0 Å². The van der Waals surface area contributed by atoms with E-state index in [0.717, 1.165) is 31.5 Å². The van der Waals surface area contributed by atoms with Crippen LogP contribution in [0.4, 0.5) is 0 Å². The zero-order valence-corrected chi connectivity index (χ0v) is 13.3. The second-order valence-corrected chi connectivity index (χ2v) is 5.64. The number of nitrogens with zero attached hydrogens (tertiary/aromatic N) is 1. The van der Waals surface area contributed by atoms with Crippen LogP contribution in [0.1, 0.15) is 32.3 Å². The standard InChI is InChI=1S/C17H26N2O2/c1-4-19(5-2)13-17(16(20)21-3,18-15-11-12-15)14-9-7-6-8-10-14/h6-10,15,18H,4-5,11-13H2,1-3H3. The molecule has 0 heterocycles. The third-order valence-electron chi connectivity index (χ3n) is 4.18. The average Bonchev–Trinajstić information content (AvgIpc) is 3.35. The number of hydrogen-bond acceptors (Lipinski definition) is 4. The fourth-order valence-corrected chi connectivity index (χ4v) is 2.72. The van der Waals surface area contributed by atoms with Crippen molar-refractivity contribution in [3.8, 4) is 0 Å². The molecule has 1 atom stereocenters. The van der Waals surface area contributed by atoms with Gasteiger partial charge in [-0.1, -0.05) is 44.2 Å². The molecule has 0 spiro atoms. The molecule has 4 nitrogen and oxygen atoms in total. The second kappa shape index (κ2) is 7.05. The van der Waals surface area contributed by atoms with Gasteiger partial charge in [-0.3, -0.25) is 5.32 Å². The molecule has 1 aromatic carbocycles. The lowest BCUT2D eigenvalue weighted by molar-refractivity contribution is -0.150. The Morgan fingerprint density at radius 2 is 1.90 bits per heavy atom. The topological polar surface area (TPSA) is 41.6 Å². The van der Waals surface area contributed by atoms with Gasteiger partial charge in [-0.2, -0.15) is 0 Å². The summed E-state index contributed by atoms with van der Waals surface area (Å²) in [6.45, 7) is 6.69. The highest BCUT2D eigenvalue weighted by Gasteiger charge is 2.45. The molecule has 0 aromatic heterocycles. The minimum absolute atomic E-state index is 0.201. The van der Waals surface area contributed by atoms with Gasteiger partial charge in [0.1, 0.15) is 0 Å². The van der Waals surface area contributed by atoms with Gasteiger partial charge in [0.15, 0.2) is 5.54 Å². The molecule has 1 N–H and O–H groups in total. The maximum atomic E-state index is 12.7. The monoisotopic (exact) mass is 290 g/mol. The molecule has 116 valence electrons. The van der Waals surface area contributed by atoms with E-state index in [1.807, 2.05) is 30.3 Å². The van der Waals surface area contributed by atoms with Gasteiger partial charge < -0.3 is 9.64 Å². The maximum Gasteiger partial charge on any atom is 0.332 e.